The largest absolute Gasteiger partial charge is 0.451 e. The van der Waals surface area contributed by atoms with Gasteiger partial charge in [-0.1, -0.05) is 20.8 Å². The van der Waals surface area contributed by atoms with Crippen LogP contribution in [0.4, 0.5) is 0 Å². The standard InChI is InChI=1S/C15H24Br2N2O/c1-15(2,3)10-4-6-19(7-5-10)12(9-18)13-8-11(16)14(17)20-13/h8,10,12H,4-7,9,18H2,1-3H3. The van der Waals surface area contributed by atoms with E-state index in [2.05, 4.69) is 57.5 Å². The number of piperidine rings is 1. The molecule has 1 aliphatic heterocycles. The lowest BCUT2D eigenvalue weighted by atomic mass is 9.75. The molecular weight excluding hydrogens is 384 g/mol. The van der Waals surface area contributed by atoms with Crippen LogP contribution in [0.25, 0.3) is 0 Å². The first kappa shape index (κ1) is 16.5. The lowest BCUT2D eigenvalue weighted by molar-refractivity contribution is 0.0770. The molecule has 1 fully saturated rings. The van der Waals surface area contributed by atoms with Crippen LogP contribution < -0.4 is 5.73 Å². The molecule has 5 heteroatoms. The molecule has 1 unspecified atom stereocenters. The highest BCUT2D eigenvalue weighted by molar-refractivity contribution is 9.13. The van der Waals surface area contributed by atoms with E-state index < -0.39 is 0 Å². The summed E-state index contributed by atoms with van der Waals surface area (Å²) in [6, 6.07) is 2.20. The summed E-state index contributed by atoms with van der Waals surface area (Å²) < 4.78 is 7.46. The number of hydrogen-bond acceptors (Lipinski definition) is 3. The Labute approximate surface area is 138 Å². The molecule has 0 saturated carbocycles. The number of furan rings is 1. The third-order valence-corrected chi connectivity index (χ3v) is 6.12. The van der Waals surface area contributed by atoms with Crippen molar-refractivity contribution in [3.8, 4) is 0 Å². The summed E-state index contributed by atoms with van der Waals surface area (Å²) in [6.45, 7) is 9.81. The fourth-order valence-electron chi connectivity index (χ4n) is 3.05. The summed E-state index contributed by atoms with van der Waals surface area (Å²) in [7, 11) is 0. The van der Waals surface area contributed by atoms with Gasteiger partial charge in [0.05, 0.1) is 10.5 Å². The normalized spacial score (nSPS) is 20.3. The Balaban J connectivity index is 2.04. The quantitative estimate of drug-likeness (QED) is 0.798. The van der Waals surface area contributed by atoms with Gasteiger partial charge in [0, 0.05) is 6.54 Å². The van der Waals surface area contributed by atoms with Crippen molar-refractivity contribution in [2.75, 3.05) is 19.6 Å². The zero-order valence-electron chi connectivity index (χ0n) is 12.5. The molecule has 0 aromatic carbocycles. The fraction of sp³-hybridized carbons (Fsp3) is 0.733. The first-order valence-corrected chi connectivity index (χ1v) is 8.80. The Morgan fingerprint density at radius 2 is 1.95 bits per heavy atom. The second kappa shape index (κ2) is 6.51. The third-order valence-electron chi connectivity index (χ3n) is 4.41. The number of likely N-dealkylation sites (tertiary alicyclic amines) is 1. The second-order valence-electron chi connectivity index (χ2n) is 6.70. The Hall–Kier alpha value is 0.160. The Bertz CT molecular complexity index is 426. The molecule has 0 spiro atoms. The SMILES string of the molecule is CC(C)(C)C1CCN(C(CN)c2cc(Br)c(Br)o2)CC1. The molecule has 1 saturated heterocycles. The van der Waals surface area contributed by atoms with E-state index >= 15 is 0 Å². The van der Waals surface area contributed by atoms with Crippen LogP contribution in [0.1, 0.15) is 45.4 Å². The lowest BCUT2D eigenvalue weighted by Crippen LogP contribution is -2.42. The van der Waals surface area contributed by atoms with Gasteiger partial charge in [-0.25, -0.2) is 0 Å². The molecule has 0 amide bonds. The van der Waals surface area contributed by atoms with E-state index in [0.29, 0.717) is 12.0 Å². The van der Waals surface area contributed by atoms with Gasteiger partial charge in [-0.2, -0.15) is 0 Å². The lowest BCUT2D eigenvalue weighted by Gasteiger charge is -2.41. The molecule has 3 nitrogen and oxygen atoms in total. The zero-order chi connectivity index (χ0) is 14.9. The first-order valence-electron chi connectivity index (χ1n) is 7.21. The molecule has 0 bridgehead atoms. The number of nitrogens with two attached hydrogens (primary N) is 1. The van der Waals surface area contributed by atoms with E-state index in [1.54, 1.807) is 0 Å². The average molecular weight is 408 g/mol. The molecule has 1 atom stereocenters. The van der Waals surface area contributed by atoms with Gasteiger partial charge in [0.2, 0.25) is 0 Å². The minimum Gasteiger partial charge on any atom is -0.451 e. The maximum atomic E-state index is 5.98. The maximum absolute atomic E-state index is 5.98. The third kappa shape index (κ3) is 3.67. The van der Waals surface area contributed by atoms with Gasteiger partial charge in [0.15, 0.2) is 4.67 Å². The molecule has 1 aromatic rings. The molecular formula is C15H24Br2N2O. The van der Waals surface area contributed by atoms with Crippen molar-refractivity contribution in [3.63, 3.8) is 0 Å². The molecule has 2 rings (SSSR count). The van der Waals surface area contributed by atoms with Crippen molar-refractivity contribution in [2.24, 2.45) is 17.1 Å². The van der Waals surface area contributed by atoms with Gasteiger partial charge >= 0.3 is 0 Å². The minimum absolute atomic E-state index is 0.179. The molecule has 0 aliphatic carbocycles. The Morgan fingerprint density at radius 3 is 2.35 bits per heavy atom. The van der Waals surface area contributed by atoms with Crippen molar-refractivity contribution in [2.45, 2.75) is 39.7 Å². The number of rotatable bonds is 3. The summed E-state index contributed by atoms with van der Waals surface area (Å²) in [5, 5.41) is 0. The minimum atomic E-state index is 0.179. The van der Waals surface area contributed by atoms with Crippen molar-refractivity contribution < 1.29 is 4.42 Å². The van der Waals surface area contributed by atoms with E-state index in [0.717, 1.165) is 33.9 Å². The van der Waals surface area contributed by atoms with Gasteiger partial charge in [0.25, 0.3) is 0 Å². The Morgan fingerprint density at radius 1 is 1.35 bits per heavy atom. The monoisotopic (exact) mass is 406 g/mol. The molecule has 20 heavy (non-hydrogen) atoms. The van der Waals surface area contributed by atoms with E-state index in [1.165, 1.54) is 12.8 Å². The van der Waals surface area contributed by atoms with Crippen LogP contribution in [-0.2, 0) is 0 Å². The maximum Gasteiger partial charge on any atom is 0.183 e. The van der Waals surface area contributed by atoms with E-state index in [9.17, 15) is 0 Å². The molecule has 0 radical (unpaired) electrons. The predicted octanol–water partition coefficient (Wildman–Crippen LogP) is 4.56. The van der Waals surface area contributed by atoms with Crippen LogP contribution in [0.2, 0.25) is 0 Å². The molecule has 2 N–H and O–H groups in total. The fourth-order valence-corrected chi connectivity index (χ4v) is 3.66. The van der Waals surface area contributed by atoms with E-state index in [1.807, 2.05) is 6.07 Å². The number of nitrogens with zero attached hydrogens (tertiary/aromatic N) is 1. The molecule has 114 valence electrons. The highest BCUT2D eigenvalue weighted by Crippen LogP contribution is 2.38. The summed E-state index contributed by atoms with van der Waals surface area (Å²) in [5.74, 6) is 1.74. The van der Waals surface area contributed by atoms with Gasteiger partial charge in [-0.15, -0.1) is 0 Å². The topological polar surface area (TPSA) is 42.4 Å². The summed E-state index contributed by atoms with van der Waals surface area (Å²) in [4.78, 5) is 2.46. The van der Waals surface area contributed by atoms with E-state index in [-0.39, 0.29) is 6.04 Å². The number of hydrogen-bond donors (Lipinski definition) is 1. The number of halogens is 2. The van der Waals surface area contributed by atoms with Crippen LogP contribution in [0, 0.1) is 11.3 Å². The van der Waals surface area contributed by atoms with Gasteiger partial charge < -0.3 is 10.2 Å². The summed E-state index contributed by atoms with van der Waals surface area (Å²) in [5.41, 5.74) is 6.39. The molecule has 2 heterocycles. The van der Waals surface area contributed by atoms with Gasteiger partial charge in [0.1, 0.15) is 5.76 Å². The van der Waals surface area contributed by atoms with Crippen LogP contribution in [-0.4, -0.2) is 24.5 Å². The smallest absolute Gasteiger partial charge is 0.183 e. The van der Waals surface area contributed by atoms with Crippen LogP contribution in [0.3, 0.4) is 0 Å². The molecule has 1 aliphatic rings. The van der Waals surface area contributed by atoms with Gasteiger partial charge in [-0.3, -0.25) is 4.90 Å². The predicted molar refractivity (Wildman–Crippen MR) is 89.7 cm³/mol. The zero-order valence-corrected chi connectivity index (χ0v) is 15.6. The van der Waals surface area contributed by atoms with Crippen molar-refractivity contribution >= 4 is 31.9 Å². The molecule has 1 aromatic heterocycles. The van der Waals surface area contributed by atoms with Crippen molar-refractivity contribution in [3.05, 3.63) is 21.0 Å². The average Bonchev–Trinajstić information content (AvgIpc) is 2.70. The van der Waals surface area contributed by atoms with Crippen molar-refractivity contribution in [1.82, 2.24) is 4.90 Å². The van der Waals surface area contributed by atoms with Crippen molar-refractivity contribution in [1.29, 1.82) is 0 Å². The highest BCUT2D eigenvalue weighted by Gasteiger charge is 2.32. The van der Waals surface area contributed by atoms with Crippen LogP contribution in [0.15, 0.2) is 19.6 Å². The highest BCUT2D eigenvalue weighted by atomic mass is 79.9. The Kier molecular flexibility index (Phi) is 5.38. The first-order chi connectivity index (χ1) is 9.32. The van der Waals surface area contributed by atoms with Gasteiger partial charge in [-0.05, 0) is 75.2 Å². The summed E-state index contributed by atoms with van der Waals surface area (Å²) in [6.07, 6.45) is 2.48. The summed E-state index contributed by atoms with van der Waals surface area (Å²) >= 11 is 6.87. The van der Waals surface area contributed by atoms with Crippen LogP contribution >= 0.6 is 31.9 Å². The van der Waals surface area contributed by atoms with Crippen LogP contribution in [0.5, 0.6) is 0 Å². The second-order valence-corrected chi connectivity index (χ2v) is 8.27. The van der Waals surface area contributed by atoms with E-state index in [4.69, 9.17) is 10.2 Å².